The van der Waals surface area contributed by atoms with Crippen molar-refractivity contribution in [2.45, 2.75) is 32.0 Å². The Bertz CT molecular complexity index is 745. The highest BCUT2D eigenvalue weighted by atomic mass is 16.4. The van der Waals surface area contributed by atoms with Gasteiger partial charge >= 0.3 is 5.97 Å². The summed E-state index contributed by atoms with van der Waals surface area (Å²) in [4.78, 5) is 20.0. The molecule has 0 spiro atoms. The molecule has 0 amide bonds. The molecular weight excluding hydrogens is 302 g/mol. The molecule has 1 fully saturated rings. The molecule has 24 heavy (non-hydrogen) atoms. The Morgan fingerprint density at radius 1 is 1.25 bits per heavy atom. The van der Waals surface area contributed by atoms with Gasteiger partial charge in [-0.2, -0.15) is 0 Å². The Kier molecular flexibility index (Phi) is 3.94. The van der Waals surface area contributed by atoms with Gasteiger partial charge in [-0.15, -0.1) is 0 Å². The Hall–Kier alpha value is -2.40. The largest absolute Gasteiger partial charge is 0.477 e. The molecule has 1 aromatic heterocycles. The van der Waals surface area contributed by atoms with Crippen molar-refractivity contribution in [1.82, 2.24) is 9.88 Å². The predicted molar refractivity (Wildman–Crippen MR) is 92.1 cm³/mol. The first-order valence-corrected chi connectivity index (χ1v) is 8.46. The van der Waals surface area contributed by atoms with Gasteiger partial charge in [0.2, 0.25) is 0 Å². The number of para-hydroxylation sites is 1. The number of carboxylic acid groups (broad SMARTS) is 1. The molecule has 1 aromatic carbocycles. The molecule has 2 aliphatic heterocycles. The van der Waals surface area contributed by atoms with Gasteiger partial charge in [-0.25, -0.2) is 9.78 Å². The third-order valence-electron chi connectivity index (χ3n) is 4.99. The van der Waals surface area contributed by atoms with E-state index in [1.54, 1.807) is 12.3 Å². The van der Waals surface area contributed by atoms with Crippen LogP contribution in [0.25, 0.3) is 0 Å². The number of rotatable bonds is 3. The first-order valence-electron chi connectivity index (χ1n) is 8.46. The summed E-state index contributed by atoms with van der Waals surface area (Å²) in [6.07, 6.45) is 4.18. The Morgan fingerprint density at radius 3 is 2.92 bits per heavy atom. The van der Waals surface area contributed by atoms with Gasteiger partial charge in [-0.1, -0.05) is 24.3 Å². The van der Waals surface area contributed by atoms with Gasteiger partial charge in [-0.05, 0) is 36.1 Å². The van der Waals surface area contributed by atoms with Gasteiger partial charge in [0.1, 0.15) is 5.69 Å². The fraction of sp³-hybridized carbons (Fsp3) is 0.368. The standard InChI is InChI=1S/C19H21N3O2/c23-19(24)17-8-7-14(10-20-17)11-21-12-15-4-1-2-6-18(15)22-9-3-5-16(22)13-21/h1-2,4,6-8,10,16H,3,5,9,11-13H2,(H,23,24)/t16-/m0/s1. The lowest BCUT2D eigenvalue weighted by Gasteiger charge is -2.27. The number of nitrogens with zero attached hydrogens (tertiary/aromatic N) is 3. The Balaban J connectivity index is 1.56. The van der Waals surface area contributed by atoms with Crippen molar-refractivity contribution in [3.05, 3.63) is 59.4 Å². The maximum absolute atomic E-state index is 10.9. The fourth-order valence-electron chi connectivity index (χ4n) is 3.89. The highest BCUT2D eigenvalue weighted by Gasteiger charge is 2.31. The van der Waals surface area contributed by atoms with E-state index in [0.29, 0.717) is 6.04 Å². The summed E-state index contributed by atoms with van der Waals surface area (Å²) >= 11 is 0. The highest BCUT2D eigenvalue weighted by Crippen LogP contribution is 2.33. The van der Waals surface area contributed by atoms with E-state index >= 15 is 0 Å². The van der Waals surface area contributed by atoms with Crippen LogP contribution in [-0.4, -0.2) is 40.1 Å². The molecule has 0 bridgehead atoms. The molecule has 0 radical (unpaired) electrons. The number of hydrogen-bond donors (Lipinski definition) is 1. The molecule has 124 valence electrons. The van der Waals surface area contributed by atoms with Gasteiger partial charge < -0.3 is 10.0 Å². The molecular formula is C19H21N3O2. The number of pyridine rings is 1. The summed E-state index contributed by atoms with van der Waals surface area (Å²) in [6.45, 7) is 3.90. The zero-order valence-electron chi connectivity index (χ0n) is 13.6. The van der Waals surface area contributed by atoms with E-state index < -0.39 is 5.97 Å². The smallest absolute Gasteiger partial charge is 0.354 e. The summed E-state index contributed by atoms with van der Waals surface area (Å²) in [5, 5.41) is 8.97. The minimum absolute atomic E-state index is 0.0990. The summed E-state index contributed by atoms with van der Waals surface area (Å²) in [7, 11) is 0. The third kappa shape index (κ3) is 2.87. The monoisotopic (exact) mass is 323 g/mol. The highest BCUT2D eigenvalue weighted by molar-refractivity contribution is 5.85. The molecule has 0 saturated carbocycles. The molecule has 0 aliphatic carbocycles. The molecule has 1 saturated heterocycles. The van der Waals surface area contributed by atoms with Gasteiger partial charge in [0.05, 0.1) is 0 Å². The number of aromatic carboxylic acids is 1. The van der Waals surface area contributed by atoms with Crippen LogP contribution >= 0.6 is 0 Å². The lowest BCUT2D eigenvalue weighted by atomic mass is 10.1. The summed E-state index contributed by atoms with van der Waals surface area (Å²) < 4.78 is 0. The second-order valence-corrected chi connectivity index (χ2v) is 6.64. The van der Waals surface area contributed by atoms with E-state index in [2.05, 4.69) is 39.0 Å². The first kappa shape index (κ1) is 15.1. The van der Waals surface area contributed by atoms with Crippen LogP contribution in [0.2, 0.25) is 0 Å². The van der Waals surface area contributed by atoms with E-state index in [9.17, 15) is 4.79 Å². The van der Waals surface area contributed by atoms with Crippen LogP contribution in [0.3, 0.4) is 0 Å². The summed E-state index contributed by atoms with van der Waals surface area (Å²) in [5.74, 6) is -0.980. The summed E-state index contributed by atoms with van der Waals surface area (Å²) in [6, 6.07) is 12.7. The minimum Gasteiger partial charge on any atom is -0.477 e. The van der Waals surface area contributed by atoms with Crippen LogP contribution in [0.4, 0.5) is 5.69 Å². The van der Waals surface area contributed by atoms with Crippen molar-refractivity contribution in [3.63, 3.8) is 0 Å². The van der Waals surface area contributed by atoms with Crippen LogP contribution in [0.5, 0.6) is 0 Å². The number of anilines is 1. The van der Waals surface area contributed by atoms with Gasteiger partial charge in [0, 0.05) is 44.1 Å². The molecule has 0 unspecified atom stereocenters. The topological polar surface area (TPSA) is 56.7 Å². The lowest BCUT2D eigenvalue weighted by molar-refractivity contribution is 0.0690. The number of benzene rings is 1. The Labute approximate surface area is 141 Å². The second kappa shape index (κ2) is 6.24. The molecule has 1 atom stereocenters. The third-order valence-corrected chi connectivity index (χ3v) is 4.99. The minimum atomic E-state index is -0.980. The van der Waals surface area contributed by atoms with Crippen molar-refractivity contribution in [3.8, 4) is 0 Å². The first-order chi connectivity index (χ1) is 11.7. The Morgan fingerprint density at radius 2 is 2.12 bits per heavy atom. The van der Waals surface area contributed by atoms with Crippen molar-refractivity contribution in [1.29, 1.82) is 0 Å². The summed E-state index contributed by atoms with van der Waals surface area (Å²) in [5.41, 5.74) is 3.91. The number of aromatic nitrogens is 1. The number of hydrogen-bond acceptors (Lipinski definition) is 4. The molecule has 4 rings (SSSR count). The number of carboxylic acids is 1. The normalized spacial score (nSPS) is 20.3. The molecule has 2 aromatic rings. The number of fused-ring (bicyclic) bond motifs is 3. The predicted octanol–water partition coefficient (Wildman–Crippen LogP) is 2.76. The van der Waals surface area contributed by atoms with E-state index in [1.165, 1.54) is 24.1 Å². The average Bonchev–Trinajstić information content (AvgIpc) is 2.98. The van der Waals surface area contributed by atoms with Crippen LogP contribution in [0.1, 0.15) is 34.5 Å². The maximum atomic E-state index is 10.9. The molecule has 5 nitrogen and oxygen atoms in total. The zero-order valence-corrected chi connectivity index (χ0v) is 13.6. The molecule has 3 heterocycles. The lowest BCUT2D eigenvalue weighted by Crippen LogP contribution is -2.37. The van der Waals surface area contributed by atoms with Gasteiger partial charge in [0.15, 0.2) is 0 Å². The molecule has 1 N–H and O–H groups in total. The van der Waals surface area contributed by atoms with E-state index in [0.717, 1.165) is 31.7 Å². The van der Waals surface area contributed by atoms with Crippen LogP contribution in [-0.2, 0) is 13.1 Å². The van der Waals surface area contributed by atoms with E-state index in [-0.39, 0.29) is 5.69 Å². The average molecular weight is 323 g/mol. The maximum Gasteiger partial charge on any atom is 0.354 e. The second-order valence-electron chi connectivity index (χ2n) is 6.64. The van der Waals surface area contributed by atoms with Gasteiger partial charge in [-0.3, -0.25) is 4.90 Å². The molecule has 5 heteroatoms. The number of carbonyl (C=O) groups is 1. The quantitative estimate of drug-likeness (QED) is 0.941. The SMILES string of the molecule is O=C(O)c1ccc(CN2Cc3ccccc3N3CCC[C@H]3C2)cn1. The van der Waals surface area contributed by atoms with Crippen LogP contribution < -0.4 is 4.90 Å². The van der Waals surface area contributed by atoms with Crippen molar-refractivity contribution >= 4 is 11.7 Å². The zero-order chi connectivity index (χ0) is 16.5. The van der Waals surface area contributed by atoms with Crippen molar-refractivity contribution in [2.24, 2.45) is 0 Å². The van der Waals surface area contributed by atoms with Crippen LogP contribution in [0.15, 0.2) is 42.6 Å². The van der Waals surface area contributed by atoms with Crippen molar-refractivity contribution < 1.29 is 9.90 Å². The van der Waals surface area contributed by atoms with E-state index in [1.807, 2.05) is 6.07 Å². The van der Waals surface area contributed by atoms with Gasteiger partial charge in [0.25, 0.3) is 0 Å². The van der Waals surface area contributed by atoms with E-state index in [4.69, 9.17) is 5.11 Å². The molecule has 2 aliphatic rings. The fourth-order valence-corrected chi connectivity index (χ4v) is 3.89. The van der Waals surface area contributed by atoms with Crippen LogP contribution in [0, 0.1) is 0 Å². The van der Waals surface area contributed by atoms with Crippen molar-refractivity contribution in [2.75, 3.05) is 18.0 Å².